The Morgan fingerprint density at radius 2 is 1.68 bits per heavy atom. The van der Waals surface area contributed by atoms with Crippen molar-refractivity contribution < 1.29 is 13.9 Å². The molecule has 3 rings (SSSR count). The Labute approximate surface area is 164 Å². The van der Waals surface area contributed by atoms with Gasteiger partial charge in [0, 0.05) is 29.4 Å². The predicted molar refractivity (Wildman–Crippen MR) is 109 cm³/mol. The minimum Gasteiger partial charge on any atom is -0.497 e. The lowest BCUT2D eigenvalue weighted by molar-refractivity contribution is 0.102. The Kier molecular flexibility index (Phi) is 6.40. The average molecular weight is 378 g/mol. The van der Waals surface area contributed by atoms with Crippen molar-refractivity contribution in [2.24, 2.45) is 0 Å². The van der Waals surface area contributed by atoms with Gasteiger partial charge >= 0.3 is 0 Å². The Balaban J connectivity index is 1.56. The van der Waals surface area contributed by atoms with Crippen LogP contribution < -0.4 is 15.4 Å². The number of hydrogen-bond acceptors (Lipinski definition) is 3. The molecule has 3 aromatic carbocycles. The van der Waals surface area contributed by atoms with Crippen LogP contribution in [0.25, 0.3) is 0 Å². The molecule has 1 amide bonds. The molecule has 0 radical (unpaired) electrons. The predicted octanol–water partition coefficient (Wildman–Crippen LogP) is 4.94. The molecule has 3 aromatic rings. The maximum atomic E-state index is 13.8. The van der Waals surface area contributed by atoms with Crippen LogP contribution in [0.1, 0.15) is 34.5 Å². The van der Waals surface area contributed by atoms with Crippen molar-refractivity contribution in [1.82, 2.24) is 5.32 Å². The van der Waals surface area contributed by atoms with Crippen LogP contribution in [0.5, 0.6) is 5.75 Å². The average Bonchev–Trinajstić information content (AvgIpc) is 2.73. The van der Waals surface area contributed by atoms with Crippen LogP contribution >= 0.6 is 0 Å². The number of carbonyl (C=O) groups excluding carboxylic acids is 1. The number of methoxy groups -OCH3 is 1. The molecule has 0 saturated carbocycles. The van der Waals surface area contributed by atoms with Crippen LogP contribution in [-0.4, -0.2) is 13.0 Å². The minimum absolute atomic E-state index is 0.112. The third kappa shape index (κ3) is 4.96. The maximum Gasteiger partial charge on any atom is 0.255 e. The van der Waals surface area contributed by atoms with Gasteiger partial charge in [-0.05, 0) is 55.0 Å². The first-order chi connectivity index (χ1) is 13.6. The Morgan fingerprint density at radius 3 is 2.32 bits per heavy atom. The molecule has 0 saturated heterocycles. The van der Waals surface area contributed by atoms with Gasteiger partial charge in [0.05, 0.1) is 7.11 Å². The van der Waals surface area contributed by atoms with E-state index in [0.717, 1.165) is 11.3 Å². The van der Waals surface area contributed by atoms with Gasteiger partial charge in [0.25, 0.3) is 5.91 Å². The molecule has 0 spiro atoms. The minimum atomic E-state index is -0.215. The van der Waals surface area contributed by atoms with Gasteiger partial charge in [-0.15, -0.1) is 0 Å². The van der Waals surface area contributed by atoms with E-state index in [-0.39, 0.29) is 17.8 Å². The summed E-state index contributed by atoms with van der Waals surface area (Å²) in [4.78, 5) is 12.4. The topological polar surface area (TPSA) is 50.4 Å². The zero-order valence-corrected chi connectivity index (χ0v) is 15.9. The molecule has 0 aliphatic carbocycles. The molecule has 5 heteroatoms. The van der Waals surface area contributed by atoms with Crippen molar-refractivity contribution in [3.63, 3.8) is 0 Å². The van der Waals surface area contributed by atoms with E-state index < -0.39 is 0 Å². The highest BCUT2D eigenvalue weighted by Crippen LogP contribution is 2.18. The van der Waals surface area contributed by atoms with Crippen LogP contribution in [0, 0.1) is 5.82 Å². The summed E-state index contributed by atoms with van der Waals surface area (Å²) in [6, 6.07) is 21.2. The number of nitrogens with one attached hydrogen (secondary N) is 2. The largest absolute Gasteiger partial charge is 0.497 e. The second-order valence-corrected chi connectivity index (χ2v) is 6.50. The molecule has 0 aliphatic heterocycles. The zero-order valence-electron chi connectivity index (χ0n) is 15.9. The summed E-state index contributed by atoms with van der Waals surface area (Å²) in [6.45, 7) is 2.50. The molecule has 0 fully saturated rings. The molecule has 144 valence electrons. The van der Waals surface area contributed by atoms with Crippen LogP contribution in [0.4, 0.5) is 10.1 Å². The molecule has 2 N–H and O–H groups in total. The number of hydrogen-bond donors (Lipinski definition) is 2. The highest BCUT2D eigenvalue weighted by atomic mass is 19.1. The van der Waals surface area contributed by atoms with Crippen LogP contribution in [-0.2, 0) is 6.54 Å². The highest BCUT2D eigenvalue weighted by molar-refractivity contribution is 6.04. The molecular weight excluding hydrogens is 355 g/mol. The first-order valence-electron chi connectivity index (χ1n) is 9.09. The normalized spacial score (nSPS) is 11.7. The van der Waals surface area contributed by atoms with Crippen molar-refractivity contribution in [2.75, 3.05) is 12.4 Å². The second-order valence-electron chi connectivity index (χ2n) is 6.50. The monoisotopic (exact) mass is 378 g/mol. The lowest BCUT2D eigenvalue weighted by Gasteiger charge is -2.15. The Bertz CT molecular complexity index is 924. The molecule has 1 atom stereocenters. The summed E-state index contributed by atoms with van der Waals surface area (Å²) in [7, 11) is 1.60. The number of anilines is 1. The van der Waals surface area contributed by atoms with E-state index >= 15 is 0 Å². The highest BCUT2D eigenvalue weighted by Gasteiger charge is 2.10. The van der Waals surface area contributed by atoms with Gasteiger partial charge in [0.2, 0.25) is 0 Å². The SMILES string of the molecule is COc1ccc(NC(=O)c2ccc(CNC(C)c3ccccc3F)cc2)cc1. The molecule has 0 aliphatic rings. The van der Waals surface area contributed by atoms with Crippen molar-refractivity contribution in [3.05, 3.63) is 95.3 Å². The van der Waals surface area contributed by atoms with Gasteiger partial charge in [0.1, 0.15) is 11.6 Å². The van der Waals surface area contributed by atoms with Gasteiger partial charge < -0.3 is 15.4 Å². The van der Waals surface area contributed by atoms with Crippen molar-refractivity contribution >= 4 is 11.6 Å². The fraction of sp³-hybridized carbons (Fsp3) is 0.174. The van der Waals surface area contributed by atoms with Gasteiger partial charge in [-0.2, -0.15) is 0 Å². The molecule has 28 heavy (non-hydrogen) atoms. The van der Waals surface area contributed by atoms with E-state index in [1.807, 2.05) is 25.1 Å². The van der Waals surface area contributed by atoms with E-state index in [9.17, 15) is 9.18 Å². The lowest BCUT2D eigenvalue weighted by atomic mass is 10.1. The van der Waals surface area contributed by atoms with E-state index in [1.165, 1.54) is 6.07 Å². The first-order valence-corrected chi connectivity index (χ1v) is 9.09. The molecule has 1 unspecified atom stereocenters. The van der Waals surface area contributed by atoms with Gasteiger partial charge in [-0.1, -0.05) is 30.3 Å². The van der Waals surface area contributed by atoms with Crippen LogP contribution in [0.3, 0.4) is 0 Å². The van der Waals surface area contributed by atoms with Crippen molar-refractivity contribution in [3.8, 4) is 5.75 Å². The summed E-state index contributed by atoms with van der Waals surface area (Å²) in [5.74, 6) is 0.344. The Hall–Kier alpha value is -3.18. The summed E-state index contributed by atoms with van der Waals surface area (Å²) < 4.78 is 18.9. The maximum absolute atomic E-state index is 13.8. The zero-order chi connectivity index (χ0) is 19.9. The molecule has 0 heterocycles. The van der Waals surface area contributed by atoms with Gasteiger partial charge in [0.15, 0.2) is 0 Å². The van der Waals surface area contributed by atoms with Crippen LogP contribution in [0.15, 0.2) is 72.8 Å². The van der Waals surface area contributed by atoms with Gasteiger partial charge in [-0.3, -0.25) is 4.79 Å². The fourth-order valence-corrected chi connectivity index (χ4v) is 2.86. The number of rotatable bonds is 7. The van der Waals surface area contributed by atoms with E-state index in [4.69, 9.17) is 4.74 Å². The van der Waals surface area contributed by atoms with Crippen molar-refractivity contribution in [1.29, 1.82) is 0 Å². The first kappa shape index (κ1) is 19.6. The van der Waals surface area contributed by atoms with E-state index in [1.54, 1.807) is 55.6 Å². The van der Waals surface area contributed by atoms with E-state index in [2.05, 4.69) is 10.6 Å². The molecule has 4 nitrogen and oxygen atoms in total. The standard InChI is InChI=1S/C23H23FN2O2/c1-16(21-5-3-4-6-22(21)24)25-15-17-7-9-18(10-8-17)23(27)26-19-11-13-20(28-2)14-12-19/h3-14,16,25H,15H2,1-2H3,(H,26,27). The number of halogens is 1. The van der Waals surface area contributed by atoms with Crippen LogP contribution in [0.2, 0.25) is 0 Å². The summed E-state index contributed by atoms with van der Waals surface area (Å²) in [6.07, 6.45) is 0. The smallest absolute Gasteiger partial charge is 0.255 e. The number of ether oxygens (including phenoxy) is 1. The quantitative estimate of drug-likeness (QED) is 0.612. The number of carbonyl (C=O) groups is 1. The molecular formula is C23H23FN2O2. The van der Waals surface area contributed by atoms with E-state index in [0.29, 0.717) is 23.4 Å². The van der Waals surface area contributed by atoms with Gasteiger partial charge in [-0.25, -0.2) is 4.39 Å². The van der Waals surface area contributed by atoms with Crippen molar-refractivity contribution in [2.45, 2.75) is 19.5 Å². The Morgan fingerprint density at radius 1 is 1.00 bits per heavy atom. The second kappa shape index (κ2) is 9.15. The molecule has 0 bridgehead atoms. The molecule has 0 aromatic heterocycles. The summed E-state index contributed by atoms with van der Waals surface area (Å²) in [5.41, 5.74) is 2.93. The summed E-state index contributed by atoms with van der Waals surface area (Å²) in [5, 5.41) is 6.16. The summed E-state index contributed by atoms with van der Waals surface area (Å²) >= 11 is 0. The number of benzene rings is 3. The fourth-order valence-electron chi connectivity index (χ4n) is 2.86. The number of amides is 1. The third-order valence-electron chi connectivity index (χ3n) is 4.55. The lowest BCUT2D eigenvalue weighted by Crippen LogP contribution is -2.19. The third-order valence-corrected chi connectivity index (χ3v) is 4.55.